The fourth-order valence-electron chi connectivity index (χ4n) is 0.845. The van der Waals surface area contributed by atoms with Gasteiger partial charge >= 0.3 is 0 Å². The van der Waals surface area contributed by atoms with Crippen molar-refractivity contribution in [3.8, 4) is 0 Å². The number of hydrogen-bond acceptors (Lipinski definition) is 3. The van der Waals surface area contributed by atoms with Crippen molar-refractivity contribution in [1.29, 1.82) is 0 Å². The Morgan fingerprint density at radius 1 is 1.36 bits per heavy atom. The van der Waals surface area contributed by atoms with Crippen molar-refractivity contribution in [2.24, 2.45) is 5.72 Å². The van der Waals surface area contributed by atoms with Gasteiger partial charge in [-0.3, -0.25) is 0 Å². The monoisotopic (exact) mass is 163 g/mol. The third kappa shape index (κ3) is 6.28. The summed E-state index contributed by atoms with van der Waals surface area (Å²) in [6, 6.07) is 0. The molecule has 0 fully saturated rings. The summed E-state index contributed by atoms with van der Waals surface area (Å²) in [5.41, 5.74) is 0.676. The lowest BCUT2D eigenvalue weighted by Gasteiger charge is -2.15. The molecule has 0 aromatic rings. The van der Waals surface area contributed by atoms with E-state index < -0.39 is 0 Å². The molecule has 0 aliphatic rings. The smallest absolute Gasteiger partial charge is 0.157 e. The van der Waals surface area contributed by atoms with Crippen LogP contribution in [0.15, 0.2) is 0 Å². The topological polar surface area (TPSA) is 44.5 Å². The van der Waals surface area contributed by atoms with Crippen molar-refractivity contribution in [3.63, 3.8) is 0 Å². The van der Waals surface area contributed by atoms with E-state index in [1.54, 1.807) is 0 Å². The molecule has 0 unspecified atom stereocenters. The molecule has 0 aliphatic carbocycles. The number of hydrogen-bond donors (Lipinski definition) is 1. The molecule has 0 saturated carbocycles. The second-order valence-electron chi connectivity index (χ2n) is 2.21. The fourth-order valence-corrected chi connectivity index (χ4v) is 0.845. The van der Waals surface area contributed by atoms with E-state index in [1.807, 2.05) is 13.8 Å². The number of rotatable bonds is 8. The Morgan fingerprint density at radius 2 is 2.00 bits per heavy atom. The first kappa shape index (κ1) is 7.53. The molecule has 11 heavy (non-hydrogen) atoms. The van der Waals surface area contributed by atoms with Gasteiger partial charge in [0.15, 0.2) is 6.29 Å². The first-order valence-corrected chi connectivity index (χ1v) is 4.19. The normalized spacial score (nSPS) is 13.8. The van der Waals surface area contributed by atoms with Crippen LogP contribution in [0.4, 0.5) is 0 Å². The maximum Gasteiger partial charge on any atom is 0.157 e. The first-order chi connectivity index (χ1) is 6.20. The zero-order valence-electron chi connectivity index (χ0n) is 9.38. The summed E-state index contributed by atoms with van der Waals surface area (Å²) < 4.78 is 24.3. The largest absolute Gasteiger partial charge is 0.353 e. The minimum absolute atomic E-state index is 0.171. The Balaban J connectivity index is 3.44. The highest BCUT2D eigenvalue weighted by atomic mass is 16.7. The summed E-state index contributed by atoms with van der Waals surface area (Å²) >= 11 is 0. The minimum Gasteiger partial charge on any atom is -0.353 e. The molecule has 0 atom stereocenters. The molecular weight excluding hydrogens is 142 g/mol. The lowest BCUT2D eigenvalue weighted by atomic mass is 10.3. The van der Waals surface area contributed by atoms with Crippen LogP contribution in [-0.4, -0.2) is 26.0 Å². The van der Waals surface area contributed by atoms with Gasteiger partial charge in [0.05, 0.1) is 0 Å². The lowest BCUT2D eigenvalue weighted by Crippen LogP contribution is -2.18. The maximum atomic E-state index is 6.84. The highest BCUT2D eigenvalue weighted by Gasteiger charge is 2.05. The van der Waals surface area contributed by atoms with Crippen molar-refractivity contribution < 1.29 is 12.3 Å². The van der Waals surface area contributed by atoms with Crippen LogP contribution >= 0.6 is 0 Å². The molecule has 0 saturated heterocycles. The van der Waals surface area contributed by atoms with Crippen LogP contribution in [0.2, 0.25) is 2.82 Å². The molecule has 3 heteroatoms. The fraction of sp³-hybridized carbons (Fsp3) is 1.00. The molecule has 0 radical (unpaired) electrons. The van der Waals surface area contributed by atoms with Gasteiger partial charge in [-0.05, 0) is 33.2 Å². The van der Waals surface area contributed by atoms with Crippen LogP contribution in [0.5, 0.6) is 0 Å². The Hall–Kier alpha value is -0.120. The van der Waals surface area contributed by atoms with Gasteiger partial charge in [-0.2, -0.15) is 0 Å². The quantitative estimate of drug-likeness (QED) is 0.545. The van der Waals surface area contributed by atoms with Crippen LogP contribution in [0, 0.1) is 0 Å². The van der Waals surface area contributed by atoms with Crippen molar-refractivity contribution in [2.45, 2.75) is 33.0 Å². The van der Waals surface area contributed by atoms with Crippen molar-refractivity contribution in [2.75, 3.05) is 19.8 Å². The minimum atomic E-state index is -0.171. The third-order valence-corrected chi connectivity index (χ3v) is 1.30. The van der Waals surface area contributed by atoms with Crippen molar-refractivity contribution in [1.82, 2.24) is 0 Å². The molecule has 2 N–H and O–H groups in total. The summed E-state index contributed by atoms with van der Waals surface area (Å²) in [5.74, 6) is 0. The van der Waals surface area contributed by atoms with Crippen LogP contribution in [0.1, 0.15) is 26.7 Å². The van der Waals surface area contributed by atoms with Crippen LogP contribution < -0.4 is 5.72 Å². The molecule has 0 amide bonds. The average Bonchev–Trinajstić information content (AvgIpc) is 2.04. The predicted molar refractivity (Wildman–Crippen MR) is 45.3 cm³/mol. The second-order valence-corrected chi connectivity index (χ2v) is 2.21. The zero-order chi connectivity index (χ0) is 10.1. The molecule has 68 valence electrons. The Kier molecular flexibility index (Phi) is 5.46. The highest BCUT2D eigenvalue weighted by Crippen LogP contribution is 2.02. The molecule has 0 heterocycles. The van der Waals surface area contributed by atoms with Gasteiger partial charge in [0.1, 0.15) is 2.82 Å². The van der Waals surface area contributed by atoms with E-state index in [9.17, 15) is 0 Å². The van der Waals surface area contributed by atoms with Gasteiger partial charge in [-0.25, -0.2) is 0 Å². The van der Waals surface area contributed by atoms with Gasteiger partial charge in [-0.15, -0.1) is 0 Å². The van der Waals surface area contributed by atoms with Gasteiger partial charge in [0, 0.05) is 13.2 Å². The zero-order valence-corrected chi connectivity index (χ0v) is 7.38. The second kappa shape index (κ2) is 7.98. The molecule has 0 aliphatic heterocycles. The SMILES string of the molecule is [2H]N([2H])CCCC(OCC)OCC. The van der Waals surface area contributed by atoms with E-state index in [1.165, 1.54) is 0 Å². The van der Waals surface area contributed by atoms with Crippen LogP contribution in [0.3, 0.4) is 0 Å². The number of ether oxygens (including phenoxy) is 2. The van der Waals surface area contributed by atoms with Crippen LogP contribution in [-0.2, 0) is 9.47 Å². The van der Waals surface area contributed by atoms with E-state index in [4.69, 9.17) is 12.3 Å². The third-order valence-electron chi connectivity index (χ3n) is 1.30. The molecular formula is C8H19NO2. The van der Waals surface area contributed by atoms with E-state index in [0.717, 1.165) is 12.8 Å². The summed E-state index contributed by atoms with van der Waals surface area (Å²) in [4.78, 5) is 0. The van der Waals surface area contributed by atoms with Crippen LogP contribution in [0.25, 0.3) is 0 Å². The Morgan fingerprint density at radius 3 is 2.45 bits per heavy atom. The van der Waals surface area contributed by atoms with Gasteiger partial charge in [0.25, 0.3) is 0 Å². The Labute approximate surface area is 71.8 Å². The van der Waals surface area contributed by atoms with Crippen molar-refractivity contribution in [3.05, 3.63) is 0 Å². The maximum absolute atomic E-state index is 6.84. The molecule has 0 spiro atoms. The highest BCUT2D eigenvalue weighted by molar-refractivity contribution is 4.46. The summed E-state index contributed by atoms with van der Waals surface area (Å²) in [6.07, 6.45) is 1.32. The Bertz CT molecular complexity index is 108. The van der Waals surface area contributed by atoms with Gasteiger partial charge in [0.2, 0.25) is 0 Å². The standard InChI is InChI=1S/C8H19NO2/c1-3-10-8(11-4-2)6-5-7-9/h8H,3-7,9H2,1-2H3/i/hD2. The summed E-state index contributed by atoms with van der Waals surface area (Å²) in [5, 5.41) is 0. The lowest BCUT2D eigenvalue weighted by molar-refractivity contribution is -0.139. The molecule has 0 bridgehead atoms. The van der Waals surface area contributed by atoms with Gasteiger partial charge in [-0.1, -0.05) is 0 Å². The van der Waals surface area contributed by atoms with E-state index in [0.29, 0.717) is 25.5 Å². The molecule has 0 aromatic heterocycles. The van der Waals surface area contributed by atoms with E-state index in [-0.39, 0.29) is 6.29 Å². The molecule has 0 aromatic carbocycles. The van der Waals surface area contributed by atoms with Crippen molar-refractivity contribution >= 4 is 0 Å². The predicted octanol–water partition coefficient (Wildman–Crippen LogP) is 1.12. The summed E-state index contributed by atoms with van der Waals surface area (Å²) in [7, 11) is 0. The number of nitrogens with two attached hydrogens (primary N) is 1. The summed E-state index contributed by atoms with van der Waals surface area (Å²) in [6.45, 7) is 5.55. The van der Waals surface area contributed by atoms with Gasteiger partial charge < -0.3 is 15.2 Å². The average molecular weight is 163 g/mol. The van der Waals surface area contributed by atoms with E-state index in [2.05, 4.69) is 0 Å². The molecule has 0 rings (SSSR count). The molecule has 3 nitrogen and oxygen atoms in total. The van der Waals surface area contributed by atoms with E-state index >= 15 is 0 Å². The first-order valence-electron chi connectivity index (χ1n) is 5.08.